The van der Waals surface area contributed by atoms with Crippen LogP contribution in [0, 0.1) is 17.1 Å². The number of halogens is 4. The summed E-state index contributed by atoms with van der Waals surface area (Å²) in [5, 5.41) is 9.41. The zero-order valence-electron chi connectivity index (χ0n) is 17.5. The third kappa shape index (κ3) is 4.64. The lowest BCUT2D eigenvalue weighted by atomic mass is 9.89. The number of ether oxygens (including phenoxy) is 2. The molecular weight excluding hydrogens is 428 g/mol. The van der Waals surface area contributed by atoms with Crippen molar-refractivity contribution in [1.82, 2.24) is 9.88 Å². The van der Waals surface area contributed by atoms with Crippen LogP contribution >= 0.6 is 0 Å². The molecule has 4 rings (SSSR count). The number of nitriles is 1. The number of pyridine rings is 1. The summed E-state index contributed by atoms with van der Waals surface area (Å²) in [5.74, 6) is -1.11. The van der Waals surface area contributed by atoms with Gasteiger partial charge < -0.3 is 19.3 Å². The molecule has 32 heavy (non-hydrogen) atoms. The van der Waals surface area contributed by atoms with Gasteiger partial charge >= 0.3 is 6.18 Å². The Bertz CT molecular complexity index is 1030. The first kappa shape index (κ1) is 22.3. The van der Waals surface area contributed by atoms with Crippen LogP contribution in [-0.2, 0) is 10.9 Å². The maximum atomic E-state index is 13.8. The number of aromatic nitrogens is 1. The first-order chi connectivity index (χ1) is 15.2. The molecule has 2 fully saturated rings. The van der Waals surface area contributed by atoms with Gasteiger partial charge in [-0.05, 0) is 38.1 Å². The first-order valence-corrected chi connectivity index (χ1v) is 10.2. The fourth-order valence-corrected chi connectivity index (χ4v) is 4.20. The molecule has 2 saturated heterocycles. The van der Waals surface area contributed by atoms with E-state index >= 15 is 0 Å². The molecule has 1 aromatic heterocycles. The van der Waals surface area contributed by atoms with Crippen molar-refractivity contribution in [2.45, 2.75) is 24.6 Å². The van der Waals surface area contributed by atoms with Crippen molar-refractivity contribution in [2.24, 2.45) is 0 Å². The standard InChI is InChI=1S/C22H22F4N4O2/c1-29-9-10-31-21(14-29)5-7-30(8-6-21)19-12-18(22(24,25)26)17(13-27)20(28-19)32-16-4-2-3-15(23)11-16/h2-4,11-12H,5-10,14H2,1H3. The summed E-state index contributed by atoms with van der Waals surface area (Å²) in [7, 11) is 2.02. The predicted molar refractivity (Wildman–Crippen MR) is 108 cm³/mol. The Labute approximate surface area is 183 Å². The lowest BCUT2D eigenvalue weighted by Crippen LogP contribution is -2.56. The molecule has 2 aliphatic rings. The van der Waals surface area contributed by atoms with Crippen LogP contribution < -0.4 is 9.64 Å². The summed E-state index contributed by atoms with van der Waals surface area (Å²) < 4.78 is 66.2. The summed E-state index contributed by atoms with van der Waals surface area (Å²) in [5.41, 5.74) is -2.19. The van der Waals surface area contributed by atoms with Crippen LogP contribution in [0.5, 0.6) is 11.6 Å². The van der Waals surface area contributed by atoms with E-state index in [2.05, 4.69) is 9.88 Å². The third-order valence-corrected chi connectivity index (χ3v) is 5.84. The Morgan fingerprint density at radius 1 is 1.19 bits per heavy atom. The molecule has 0 unspecified atom stereocenters. The minimum absolute atomic E-state index is 0.0458. The largest absolute Gasteiger partial charge is 0.437 e. The van der Waals surface area contributed by atoms with Crippen LogP contribution in [0.25, 0.3) is 0 Å². The summed E-state index contributed by atoms with van der Waals surface area (Å²) in [6.45, 7) is 3.13. The Balaban J connectivity index is 1.66. The normalized spacial score (nSPS) is 19.1. The Hall–Kier alpha value is -2.90. The molecule has 0 saturated carbocycles. The van der Waals surface area contributed by atoms with Crippen molar-refractivity contribution in [3.05, 3.63) is 47.3 Å². The van der Waals surface area contributed by atoms with Gasteiger partial charge in [0.05, 0.1) is 17.8 Å². The van der Waals surface area contributed by atoms with Crippen LogP contribution in [0.4, 0.5) is 23.4 Å². The van der Waals surface area contributed by atoms with Crippen LogP contribution in [0.3, 0.4) is 0 Å². The number of morpholine rings is 1. The van der Waals surface area contributed by atoms with E-state index in [-0.39, 0.29) is 17.2 Å². The number of benzene rings is 1. The van der Waals surface area contributed by atoms with Gasteiger partial charge in [-0.2, -0.15) is 23.4 Å². The molecule has 3 heterocycles. The van der Waals surface area contributed by atoms with Gasteiger partial charge in [-0.3, -0.25) is 0 Å². The number of likely N-dealkylation sites (N-methyl/N-ethyl adjacent to an activating group) is 1. The highest BCUT2D eigenvalue weighted by atomic mass is 19.4. The van der Waals surface area contributed by atoms with Crippen molar-refractivity contribution in [3.8, 4) is 17.7 Å². The Morgan fingerprint density at radius 2 is 1.94 bits per heavy atom. The number of anilines is 1. The monoisotopic (exact) mass is 450 g/mol. The molecule has 0 radical (unpaired) electrons. The molecule has 170 valence electrons. The average molecular weight is 450 g/mol. The highest BCUT2D eigenvalue weighted by Crippen LogP contribution is 2.40. The van der Waals surface area contributed by atoms with E-state index < -0.39 is 29.0 Å². The molecule has 0 atom stereocenters. The van der Waals surface area contributed by atoms with Crippen LogP contribution in [0.1, 0.15) is 24.0 Å². The van der Waals surface area contributed by atoms with Gasteiger partial charge in [0.15, 0.2) is 0 Å². The summed E-state index contributed by atoms with van der Waals surface area (Å²) in [6.07, 6.45) is -3.50. The Kier molecular flexibility index (Phi) is 5.97. The fourth-order valence-electron chi connectivity index (χ4n) is 4.20. The highest BCUT2D eigenvalue weighted by molar-refractivity contribution is 5.56. The predicted octanol–water partition coefficient (Wildman–Crippen LogP) is 4.20. The SMILES string of the molecule is CN1CCOC2(CCN(c3cc(C(F)(F)F)c(C#N)c(Oc4cccc(F)c4)n3)CC2)C1. The molecule has 1 aromatic carbocycles. The van der Waals surface area contributed by atoms with Gasteiger partial charge in [0.25, 0.3) is 0 Å². The molecule has 0 amide bonds. The molecule has 2 aliphatic heterocycles. The molecule has 0 bridgehead atoms. The van der Waals surface area contributed by atoms with Crippen LogP contribution in [-0.4, -0.2) is 55.3 Å². The third-order valence-electron chi connectivity index (χ3n) is 5.84. The van der Waals surface area contributed by atoms with Gasteiger partial charge in [0.1, 0.15) is 29.0 Å². The van der Waals surface area contributed by atoms with E-state index in [0.717, 1.165) is 25.2 Å². The van der Waals surface area contributed by atoms with Gasteiger partial charge in [0, 0.05) is 32.2 Å². The fraction of sp³-hybridized carbons (Fsp3) is 0.455. The van der Waals surface area contributed by atoms with Crippen LogP contribution in [0.15, 0.2) is 30.3 Å². The van der Waals surface area contributed by atoms with Gasteiger partial charge in [-0.25, -0.2) is 4.39 Å². The minimum atomic E-state index is -4.78. The maximum Gasteiger partial charge on any atom is 0.418 e. The van der Waals surface area contributed by atoms with Crippen molar-refractivity contribution < 1.29 is 27.0 Å². The number of alkyl halides is 3. The number of hydrogen-bond donors (Lipinski definition) is 0. The summed E-state index contributed by atoms with van der Waals surface area (Å²) in [4.78, 5) is 8.14. The van der Waals surface area contributed by atoms with Gasteiger partial charge in [0.2, 0.25) is 5.88 Å². The molecular formula is C22H22F4N4O2. The number of nitrogens with zero attached hydrogens (tertiary/aromatic N) is 4. The molecule has 6 nitrogen and oxygen atoms in total. The van der Waals surface area contributed by atoms with E-state index in [1.807, 2.05) is 7.05 Å². The van der Waals surface area contributed by atoms with E-state index in [1.165, 1.54) is 18.2 Å². The number of hydrogen-bond acceptors (Lipinski definition) is 6. The lowest BCUT2D eigenvalue weighted by Gasteiger charge is -2.46. The first-order valence-electron chi connectivity index (χ1n) is 10.2. The van der Waals surface area contributed by atoms with E-state index in [1.54, 1.807) is 11.0 Å². The van der Waals surface area contributed by atoms with E-state index in [9.17, 15) is 22.8 Å². The van der Waals surface area contributed by atoms with Crippen molar-refractivity contribution in [2.75, 3.05) is 44.7 Å². The lowest BCUT2D eigenvalue weighted by molar-refractivity contribution is -0.138. The number of piperidine rings is 1. The summed E-state index contributed by atoms with van der Waals surface area (Å²) in [6, 6.07) is 7.36. The quantitative estimate of drug-likeness (QED) is 0.654. The van der Waals surface area contributed by atoms with E-state index in [0.29, 0.717) is 32.5 Å². The second kappa shape index (κ2) is 8.56. The molecule has 0 N–H and O–H groups in total. The molecule has 10 heteroatoms. The van der Waals surface area contributed by atoms with Crippen molar-refractivity contribution >= 4 is 5.82 Å². The van der Waals surface area contributed by atoms with Crippen LogP contribution in [0.2, 0.25) is 0 Å². The smallest absolute Gasteiger partial charge is 0.418 e. The van der Waals surface area contributed by atoms with Crippen molar-refractivity contribution in [3.63, 3.8) is 0 Å². The molecule has 0 aliphatic carbocycles. The second-order valence-electron chi connectivity index (χ2n) is 8.13. The second-order valence-corrected chi connectivity index (χ2v) is 8.13. The topological polar surface area (TPSA) is 61.6 Å². The zero-order valence-corrected chi connectivity index (χ0v) is 17.5. The maximum absolute atomic E-state index is 13.8. The van der Waals surface area contributed by atoms with Crippen molar-refractivity contribution in [1.29, 1.82) is 5.26 Å². The highest BCUT2D eigenvalue weighted by Gasteiger charge is 2.41. The zero-order chi connectivity index (χ0) is 22.9. The Morgan fingerprint density at radius 3 is 2.56 bits per heavy atom. The van der Waals surface area contributed by atoms with Gasteiger partial charge in [-0.1, -0.05) is 6.07 Å². The molecule has 1 spiro atoms. The molecule has 2 aromatic rings. The number of rotatable bonds is 3. The van der Waals surface area contributed by atoms with E-state index in [4.69, 9.17) is 9.47 Å². The average Bonchev–Trinajstić information content (AvgIpc) is 2.73. The van der Waals surface area contributed by atoms with Gasteiger partial charge in [-0.15, -0.1) is 0 Å². The summed E-state index contributed by atoms with van der Waals surface area (Å²) >= 11 is 0. The minimum Gasteiger partial charge on any atom is -0.437 e.